The Morgan fingerprint density at radius 1 is 1.42 bits per heavy atom. The highest BCUT2D eigenvalue weighted by Crippen LogP contribution is 2.15. The minimum absolute atomic E-state index is 0.000554. The number of Topliss-reactive ketones (excluding diaryl/α,β-unsaturated/α-hetero) is 1. The number of carbonyl (C=O) groups excluding carboxylic acids is 2. The molecule has 0 bridgehead atoms. The van der Waals surface area contributed by atoms with Crippen molar-refractivity contribution in [2.24, 2.45) is 0 Å². The van der Waals surface area contributed by atoms with Gasteiger partial charge in [-0.05, 0) is 39.1 Å². The van der Waals surface area contributed by atoms with Crippen molar-refractivity contribution in [3.8, 4) is 11.8 Å². The van der Waals surface area contributed by atoms with Gasteiger partial charge in [0.25, 0.3) is 0 Å². The maximum absolute atomic E-state index is 11.3. The first kappa shape index (κ1) is 15.3. The predicted molar refractivity (Wildman–Crippen MR) is 75.4 cm³/mol. The molecule has 0 atom stereocenters. The summed E-state index contributed by atoms with van der Waals surface area (Å²) in [6.45, 7) is 7.08. The Bertz CT molecular complexity index is 529. The highest BCUT2D eigenvalue weighted by atomic mass is 32.1. The molecule has 1 heterocycles. The van der Waals surface area contributed by atoms with Crippen molar-refractivity contribution in [2.75, 3.05) is 6.54 Å². The number of alkyl carbamates (subject to hydrolysis) is 1. The predicted octanol–water partition coefficient (Wildman–Crippen LogP) is 2.83. The molecule has 0 aliphatic carbocycles. The average molecular weight is 279 g/mol. The zero-order valence-electron chi connectivity index (χ0n) is 11.5. The average Bonchev–Trinajstić information content (AvgIpc) is 2.70. The Morgan fingerprint density at radius 3 is 2.68 bits per heavy atom. The van der Waals surface area contributed by atoms with Crippen molar-refractivity contribution in [1.82, 2.24) is 5.32 Å². The van der Waals surface area contributed by atoms with E-state index in [1.807, 2.05) is 5.38 Å². The molecular formula is C14H17NO3S. The molecule has 0 unspecified atom stereocenters. The number of rotatable bonds is 2. The number of ether oxygens (including phenoxy) is 1. The Labute approximate surface area is 117 Å². The SMILES string of the molecule is CC(=O)c1sccc1C#CCNC(=O)OC(C)(C)C. The van der Waals surface area contributed by atoms with E-state index >= 15 is 0 Å². The lowest BCUT2D eigenvalue weighted by atomic mass is 10.2. The van der Waals surface area contributed by atoms with E-state index in [0.29, 0.717) is 10.4 Å². The van der Waals surface area contributed by atoms with Gasteiger partial charge in [-0.15, -0.1) is 11.3 Å². The second-order valence-corrected chi connectivity index (χ2v) is 5.79. The molecule has 0 radical (unpaired) electrons. The van der Waals surface area contributed by atoms with Crippen LogP contribution in [-0.2, 0) is 4.74 Å². The molecule has 102 valence electrons. The van der Waals surface area contributed by atoms with E-state index in [9.17, 15) is 9.59 Å². The lowest BCUT2D eigenvalue weighted by Crippen LogP contribution is -2.32. The molecule has 0 aromatic carbocycles. The number of thiophene rings is 1. The molecule has 19 heavy (non-hydrogen) atoms. The van der Waals surface area contributed by atoms with E-state index in [1.165, 1.54) is 18.3 Å². The quantitative estimate of drug-likeness (QED) is 0.669. The number of carbonyl (C=O) groups is 2. The van der Waals surface area contributed by atoms with Crippen LogP contribution in [0.3, 0.4) is 0 Å². The zero-order chi connectivity index (χ0) is 14.5. The molecule has 4 nitrogen and oxygen atoms in total. The molecule has 1 N–H and O–H groups in total. The smallest absolute Gasteiger partial charge is 0.408 e. The number of hydrogen-bond donors (Lipinski definition) is 1. The second kappa shape index (κ2) is 6.39. The molecule has 5 heteroatoms. The molecule has 0 fully saturated rings. The minimum Gasteiger partial charge on any atom is -0.444 e. The third kappa shape index (κ3) is 5.58. The summed E-state index contributed by atoms with van der Waals surface area (Å²) in [5.41, 5.74) is 0.177. The van der Waals surface area contributed by atoms with Crippen LogP contribution in [0.25, 0.3) is 0 Å². The van der Waals surface area contributed by atoms with Crippen molar-refractivity contribution in [3.05, 3.63) is 21.9 Å². The van der Waals surface area contributed by atoms with Crippen LogP contribution in [-0.4, -0.2) is 24.0 Å². The van der Waals surface area contributed by atoms with Gasteiger partial charge in [0, 0.05) is 5.56 Å². The number of amides is 1. The summed E-state index contributed by atoms with van der Waals surface area (Å²) in [4.78, 5) is 23.3. The maximum Gasteiger partial charge on any atom is 0.408 e. The number of hydrogen-bond acceptors (Lipinski definition) is 4. The molecule has 1 rings (SSSR count). The lowest BCUT2D eigenvalue weighted by Gasteiger charge is -2.18. The van der Waals surface area contributed by atoms with Crippen LogP contribution in [0, 0.1) is 11.8 Å². The fourth-order valence-electron chi connectivity index (χ4n) is 1.25. The third-order valence-electron chi connectivity index (χ3n) is 1.93. The summed E-state index contributed by atoms with van der Waals surface area (Å²) in [6, 6.07) is 1.79. The number of ketones is 1. The molecule has 1 amide bonds. The number of nitrogens with one attached hydrogen (secondary N) is 1. The standard InChI is InChI=1S/C14H17NO3S/c1-10(16)12-11(7-9-19-12)6-5-8-15-13(17)18-14(2,3)4/h7,9H,8H2,1-4H3,(H,15,17). The summed E-state index contributed by atoms with van der Waals surface area (Å²) in [6.07, 6.45) is -0.501. The van der Waals surface area contributed by atoms with Crippen LogP contribution in [0.5, 0.6) is 0 Å². The van der Waals surface area contributed by atoms with Crippen LogP contribution < -0.4 is 5.32 Å². The van der Waals surface area contributed by atoms with Gasteiger partial charge in [-0.3, -0.25) is 4.79 Å². The fourth-order valence-corrected chi connectivity index (χ4v) is 2.00. The maximum atomic E-state index is 11.3. The molecule has 0 aliphatic heterocycles. The Hall–Kier alpha value is -1.80. The van der Waals surface area contributed by atoms with Gasteiger partial charge in [0.15, 0.2) is 5.78 Å². The first-order valence-electron chi connectivity index (χ1n) is 5.84. The summed E-state index contributed by atoms with van der Waals surface area (Å²) in [5.74, 6) is 5.65. The Morgan fingerprint density at radius 2 is 2.11 bits per heavy atom. The second-order valence-electron chi connectivity index (χ2n) is 4.88. The molecule has 1 aromatic heterocycles. The van der Waals surface area contributed by atoms with Crippen molar-refractivity contribution in [1.29, 1.82) is 0 Å². The van der Waals surface area contributed by atoms with Gasteiger partial charge in [0.1, 0.15) is 5.60 Å². The molecule has 0 saturated heterocycles. The van der Waals surface area contributed by atoms with Gasteiger partial charge in [-0.2, -0.15) is 0 Å². The molecule has 0 saturated carbocycles. The largest absolute Gasteiger partial charge is 0.444 e. The van der Waals surface area contributed by atoms with Gasteiger partial charge in [-0.25, -0.2) is 4.79 Å². The van der Waals surface area contributed by atoms with Crippen molar-refractivity contribution < 1.29 is 14.3 Å². The van der Waals surface area contributed by atoms with Crippen molar-refractivity contribution in [3.63, 3.8) is 0 Å². The summed E-state index contributed by atoms with van der Waals surface area (Å²) in [7, 11) is 0. The van der Waals surface area contributed by atoms with Gasteiger partial charge in [0.05, 0.1) is 11.4 Å². The minimum atomic E-state index is -0.521. The Kier molecular flexibility index (Phi) is 5.13. The van der Waals surface area contributed by atoms with E-state index in [-0.39, 0.29) is 12.3 Å². The van der Waals surface area contributed by atoms with Gasteiger partial charge in [0.2, 0.25) is 0 Å². The fraction of sp³-hybridized carbons (Fsp3) is 0.429. The van der Waals surface area contributed by atoms with E-state index in [1.54, 1.807) is 26.8 Å². The van der Waals surface area contributed by atoms with Gasteiger partial charge in [-0.1, -0.05) is 11.8 Å². The van der Waals surface area contributed by atoms with E-state index < -0.39 is 11.7 Å². The van der Waals surface area contributed by atoms with Crippen LogP contribution >= 0.6 is 11.3 Å². The van der Waals surface area contributed by atoms with Gasteiger partial charge < -0.3 is 10.1 Å². The summed E-state index contributed by atoms with van der Waals surface area (Å²) >= 11 is 1.37. The summed E-state index contributed by atoms with van der Waals surface area (Å²) < 4.78 is 5.07. The molecule has 0 aliphatic rings. The molecular weight excluding hydrogens is 262 g/mol. The molecule has 0 spiro atoms. The highest BCUT2D eigenvalue weighted by molar-refractivity contribution is 7.12. The highest BCUT2D eigenvalue weighted by Gasteiger charge is 2.15. The Balaban J connectivity index is 2.50. The van der Waals surface area contributed by atoms with E-state index in [2.05, 4.69) is 17.2 Å². The van der Waals surface area contributed by atoms with Crippen LogP contribution in [0.15, 0.2) is 11.4 Å². The van der Waals surface area contributed by atoms with Crippen LogP contribution in [0.4, 0.5) is 4.79 Å². The zero-order valence-corrected chi connectivity index (χ0v) is 12.3. The van der Waals surface area contributed by atoms with Crippen LogP contribution in [0.1, 0.15) is 42.9 Å². The summed E-state index contributed by atoms with van der Waals surface area (Å²) in [5, 5.41) is 4.36. The van der Waals surface area contributed by atoms with Gasteiger partial charge >= 0.3 is 6.09 Å². The molecule has 1 aromatic rings. The van der Waals surface area contributed by atoms with Crippen molar-refractivity contribution >= 4 is 23.2 Å². The monoisotopic (exact) mass is 279 g/mol. The van der Waals surface area contributed by atoms with Crippen LogP contribution in [0.2, 0.25) is 0 Å². The lowest BCUT2D eigenvalue weighted by molar-refractivity contribution is 0.0535. The van der Waals surface area contributed by atoms with E-state index in [4.69, 9.17) is 4.74 Å². The van der Waals surface area contributed by atoms with Crippen molar-refractivity contribution in [2.45, 2.75) is 33.3 Å². The third-order valence-corrected chi connectivity index (χ3v) is 2.94. The first-order valence-corrected chi connectivity index (χ1v) is 6.72. The normalized spacial score (nSPS) is 10.3. The van der Waals surface area contributed by atoms with E-state index in [0.717, 1.165) is 0 Å². The topological polar surface area (TPSA) is 55.4 Å². The first-order chi connectivity index (χ1) is 8.79.